The molecule has 1 aromatic carbocycles. The number of hydrogen-bond acceptors (Lipinski definition) is 4. The van der Waals surface area contributed by atoms with Crippen LogP contribution in [0.25, 0.3) is 0 Å². The first kappa shape index (κ1) is 14.9. The highest BCUT2D eigenvalue weighted by atomic mass is 16.5. The number of nitrogens with zero attached hydrogens (tertiary/aromatic N) is 2. The average molecular weight is 276 g/mol. The Hall–Kier alpha value is -1.55. The van der Waals surface area contributed by atoms with Gasteiger partial charge in [0.05, 0.1) is 13.0 Å². The summed E-state index contributed by atoms with van der Waals surface area (Å²) in [4.78, 5) is 16.1. The van der Waals surface area contributed by atoms with Crippen LogP contribution < -0.4 is 4.90 Å². The number of esters is 1. The van der Waals surface area contributed by atoms with Crippen LogP contribution in [-0.4, -0.2) is 50.2 Å². The third-order valence-electron chi connectivity index (χ3n) is 3.77. The quantitative estimate of drug-likeness (QED) is 0.771. The molecule has 0 unspecified atom stereocenters. The van der Waals surface area contributed by atoms with Crippen molar-refractivity contribution in [1.29, 1.82) is 0 Å². The lowest BCUT2D eigenvalue weighted by Gasteiger charge is -2.36. The van der Waals surface area contributed by atoms with Gasteiger partial charge in [0, 0.05) is 38.4 Å². The van der Waals surface area contributed by atoms with Gasteiger partial charge in [0.2, 0.25) is 0 Å². The minimum Gasteiger partial charge on any atom is -0.466 e. The smallest absolute Gasteiger partial charge is 0.307 e. The van der Waals surface area contributed by atoms with Crippen LogP contribution in [0.4, 0.5) is 5.69 Å². The number of piperazine rings is 1. The maximum Gasteiger partial charge on any atom is 0.307 e. The summed E-state index contributed by atoms with van der Waals surface area (Å²) in [5.41, 5.74) is 2.66. The largest absolute Gasteiger partial charge is 0.466 e. The molecule has 20 heavy (non-hydrogen) atoms. The number of anilines is 1. The highest BCUT2D eigenvalue weighted by molar-refractivity contribution is 5.69. The van der Waals surface area contributed by atoms with E-state index in [4.69, 9.17) is 4.74 Å². The highest BCUT2D eigenvalue weighted by Crippen LogP contribution is 2.20. The lowest BCUT2D eigenvalue weighted by atomic mass is 10.1. The minimum atomic E-state index is -0.0890. The number of ether oxygens (including phenoxy) is 1. The van der Waals surface area contributed by atoms with Crippen molar-refractivity contribution in [2.45, 2.75) is 20.3 Å². The van der Waals surface area contributed by atoms with Crippen LogP contribution in [0.5, 0.6) is 0 Å². The number of carbonyl (C=O) groups is 1. The lowest BCUT2D eigenvalue weighted by molar-refractivity contribution is -0.143. The van der Waals surface area contributed by atoms with E-state index in [1.807, 2.05) is 6.92 Å². The van der Waals surface area contributed by atoms with E-state index >= 15 is 0 Å². The molecule has 0 radical (unpaired) electrons. The van der Waals surface area contributed by atoms with E-state index in [0.29, 0.717) is 13.0 Å². The van der Waals surface area contributed by atoms with Crippen LogP contribution in [0.3, 0.4) is 0 Å². The topological polar surface area (TPSA) is 32.8 Å². The highest BCUT2D eigenvalue weighted by Gasteiger charge is 2.18. The fourth-order valence-electron chi connectivity index (χ4n) is 2.61. The van der Waals surface area contributed by atoms with E-state index in [9.17, 15) is 4.79 Å². The van der Waals surface area contributed by atoms with Gasteiger partial charge >= 0.3 is 5.97 Å². The van der Waals surface area contributed by atoms with Gasteiger partial charge in [-0.1, -0.05) is 18.2 Å². The molecule has 2 rings (SSSR count). The molecular formula is C16H24N2O2. The second-order valence-electron chi connectivity index (χ2n) is 5.17. The molecule has 4 heteroatoms. The van der Waals surface area contributed by atoms with E-state index in [2.05, 4.69) is 41.0 Å². The van der Waals surface area contributed by atoms with Gasteiger partial charge in [-0.25, -0.2) is 0 Å². The fourth-order valence-corrected chi connectivity index (χ4v) is 2.61. The Morgan fingerprint density at radius 2 is 1.90 bits per heavy atom. The molecule has 0 saturated carbocycles. The second-order valence-corrected chi connectivity index (χ2v) is 5.17. The zero-order chi connectivity index (χ0) is 14.4. The standard InChI is InChI=1S/C16H24N2O2/c1-3-20-16(19)8-9-17-10-12-18(13-11-17)15-7-5-4-6-14(15)2/h4-7H,3,8-13H2,1-2H3. The van der Waals surface area contributed by atoms with Gasteiger partial charge in [-0.15, -0.1) is 0 Å². The second kappa shape index (κ2) is 7.29. The third-order valence-corrected chi connectivity index (χ3v) is 3.77. The van der Waals surface area contributed by atoms with E-state index < -0.39 is 0 Å². The van der Waals surface area contributed by atoms with Gasteiger partial charge in [0.15, 0.2) is 0 Å². The fraction of sp³-hybridized carbons (Fsp3) is 0.562. The molecule has 1 aromatic rings. The van der Waals surface area contributed by atoms with Crippen molar-refractivity contribution in [2.75, 3.05) is 44.2 Å². The first-order valence-electron chi connectivity index (χ1n) is 7.39. The predicted octanol–water partition coefficient (Wildman–Crippen LogP) is 2.07. The molecule has 0 bridgehead atoms. The van der Waals surface area contributed by atoms with E-state index in [1.165, 1.54) is 11.3 Å². The van der Waals surface area contributed by atoms with Crippen molar-refractivity contribution in [1.82, 2.24) is 4.90 Å². The maximum absolute atomic E-state index is 11.4. The number of carbonyl (C=O) groups excluding carboxylic acids is 1. The van der Waals surface area contributed by atoms with Crippen LogP contribution in [0, 0.1) is 6.92 Å². The molecular weight excluding hydrogens is 252 g/mol. The normalized spacial score (nSPS) is 16.2. The monoisotopic (exact) mass is 276 g/mol. The van der Waals surface area contributed by atoms with Gasteiger partial charge in [-0.2, -0.15) is 0 Å². The first-order chi connectivity index (χ1) is 9.70. The molecule has 4 nitrogen and oxygen atoms in total. The number of hydrogen-bond donors (Lipinski definition) is 0. The molecule has 110 valence electrons. The molecule has 0 aromatic heterocycles. The Morgan fingerprint density at radius 1 is 1.20 bits per heavy atom. The van der Waals surface area contributed by atoms with E-state index in [-0.39, 0.29) is 5.97 Å². The van der Waals surface area contributed by atoms with E-state index in [1.54, 1.807) is 0 Å². The molecule has 1 fully saturated rings. The summed E-state index contributed by atoms with van der Waals surface area (Å²) in [5.74, 6) is -0.0890. The predicted molar refractivity (Wildman–Crippen MR) is 81.1 cm³/mol. The van der Waals surface area contributed by atoms with Crippen molar-refractivity contribution in [3.05, 3.63) is 29.8 Å². The van der Waals surface area contributed by atoms with Gasteiger partial charge in [-0.05, 0) is 25.5 Å². The summed E-state index contributed by atoms with van der Waals surface area (Å²) in [7, 11) is 0. The molecule has 0 spiro atoms. The Labute approximate surface area is 121 Å². The summed E-state index contributed by atoms with van der Waals surface area (Å²) < 4.78 is 4.96. The summed E-state index contributed by atoms with van der Waals surface area (Å²) in [6.45, 7) is 9.34. The summed E-state index contributed by atoms with van der Waals surface area (Å²) in [6, 6.07) is 8.51. The Morgan fingerprint density at radius 3 is 2.55 bits per heavy atom. The SMILES string of the molecule is CCOC(=O)CCN1CCN(c2ccccc2C)CC1. The molecule has 0 atom stereocenters. The summed E-state index contributed by atoms with van der Waals surface area (Å²) in [6.07, 6.45) is 0.498. The molecule has 0 aliphatic carbocycles. The molecule has 1 aliphatic rings. The Bertz CT molecular complexity index is 440. The van der Waals surface area contributed by atoms with Gasteiger partial charge in [-0.3, -0.25) is 9.69 Å². The van der Waals surface area contributed by atoms with Crippen LogP contribution in [0.2, 0.25) is 0 Å². The van der Waals surface area contributed by atoms with Crippen molar-refractivity contribution >= 4 is 11.7 Å². The lowest BCUT2D eigenvalue weighted by Crippen LogP contribution is -2.47. The van der Waals surface area contributed by atoms with Crippen molar-refractivity contribution in [3.8, 4) is 0 Å². The Balaban J connectivity index is 1.78. The minimum absolute atomic E-state index is 0.0890. The van der Waals surface area contributed by atoms with Crippen molar-refractivity contribution in [2.24, 2.45) is 0 Å². The zero-order valence-corrected chi connectivity index (χ0v) is 12.5. The first-order valence-corrected chi connectivity index (χ1v) is 7.39. The maximum atomic E-state index is 11.4. The van der Waals surface area contributed by atoms with Crippen LogP contribution >= 0.6 is 0 Å². The van der Waals surface area contributed by atoms with Gasteiger partial charge in [0.1, 0.15) is 0 Å². The van der Waals surface area contributed by atoms with Gasteiger partial charge < -0.3 is 9.64 Å². The van der Waals surface area contributed by atoms with Crippen LogP contribution in [0.15, 0.2) is 24.3 Å². The average Bonchev–Trinajstić information content (AvgIpc) is 2.47. The number of aryl methyl sites for hydroxylation is 1. The number of para-hydroxylation sites is 1. The van der Waals surface area contributed by atoms with Gasteiger partial charge in [0.25, 0.3) is 0 Å². The Kier molecular flexibility index (Phi) is 5.41. The molecule has 1 heterocycles. The van der Waals surface area contributed by atoms with E-state index in [0.717, 1.165) is 32.7 Å². The number of benzene rings is 1. The molecule has 0 N–H and O–H groups in total. The molecule has 1 aliphatic heterocycles. The summed E-state index contributed by atoms with van der Waals surface area (Å²) >= 11 is 0. The zero-order valence-electron chi connectivity index (χ0n) is 12.5. The van der Waals surface area contributed by atoms with Crippen molar-refractivity contribution in [3.63, 3.8) is 0 Å². The van der Waals surface area contributed by atoms with Crippen molar-refractivity contribution < 1.29 is 9.53 Å². The molecule has 1 saturated heterocycles. The molecule has 0 amide bonds. The number of rotatable bonds is 5. The van der Waals surface area contributed by atoms with Crippen LogP contribution in [0.1, 0.15) is 18.9 Å². The van der Waals surface area contributed by atoms with Crippen LogP contribution in [-0.2, 0) is 9.53 Å². The third kappa shape index (κ3) is 3.97. The summed E-state index contributed by atoms with van der Waals surface area (Å²) in [5, 5.41) is 0.